The zero-order valence-electron chi connectivity index (χ0n) is 9.68. The summed E-state index contributed by atoms with van der Waals surface area (Å²) < 4.78 is 10.4. The number of anilines is 2. The van der Waals surface area contributed by atoms with E-state index in [2.05, 4.69) is 15.3 Å². The molecular formula is C12H13N3O2. The molecule has 0 bridgehead atoms. The van der Waals surface area contributed by atoms with E-state index in [4.69, 9.17) is 9.47 Å². The molecule has 1 heterocycles. The van der Waals surface area contributed by atoms with Crippen LogP contribution in [0.4, 0.5) is 11.5 Å². The van der Waals surface area contributed by atoms with E-state index >= 15 is 0 Å². The molecular weight excluding hydrogens is 218 g/mol. The van der Waals surface area contributed by atoms with Gasteiger partial charge in [-0.3, -0.25) is 4.98 Å². The zero-order valence-corrected chi connectivity index (χ0v) is 9.68. The number of nitrogens with zero attached hydrogens (tertiary/aromatic N) is 2. The molecule has 0 unspecified atom stereocenters. The Labute approximate surface area is 99.4 Å². The van der Waals surface area contributed by atoms with Crippen molar-refractivity contribution in [1.29, 1.82) is 0 Å². The predicted molar refractivity (Wildman–Crippen MR) is 64.9 cm³/mol. The third kappa shape index (κ3) is 2.84. The molecule has 88 valence electrons. The van der Waals surface area contributed by atoms with Crippen LogP contribution < -0.4 is 14.8 Å². The fraction of sp³-hybridized carbons (Fsp3) is 0.167. The van der Waals surface area contributed by atoms with Gasteiger partial charge in [0.2, 0.25) is 0 Å². The number of ether oxygens (including phenoxy) is 2. The molecule has 0 saturated heterocycles. The average Bonchev–Trinajstić information content (AvgIpc) is 2.39. The van der Waals surface area contributed by atoms with Crippen LogP contribution in [0, 0.1) is 0 Å². The second-order valence-corrected chi connectivity index (χ2v) is 3.32. The van der Waals surface area contributed by atoms with Crippen LogP contribution in [0.5, 0.6) is 11.5 Å². The van der Waals surface area contributed by atoms with Crippen LogP contribution in [0.25, 0.3) is 0 Å². The van der Waals surface area contributed by atoms with Gasteiger partial charge in [-0.2, -0.15) is 0 Å². The Hall–Kier alpha value is -2.30. The molecule has 0 radical (unpaired) electrons. The number of nitrogens with one attached hydrogen (secondary N) is 1. The van der Waals surface area contributed by atoms with Gasteiger partial charge < -0.3 is 14.8 Å². The lowest BCUT2D eigenvalue weighted by molar-refractivity contribution is 0.395. The largest absolute Gasteiger partial charge is 0.497 e. The molecule has 0 spiro atoms. The summed E-state index contributed by atoms with van der Waals surface area (Å²) in [5.41, 5.74) is 0.835. The second kappa shape index (κ2) is 5.16. The summed E-state index contributed by atoms with van der Waals surface area (Å²) in [6, 6.07) is 5.52. The third-order valence-corrected chi connectivity index (χ3v) is 2.19. The number of benzene rings is 1. The van der Waals surface area contributed by atoms with E-state index in [9.17, 15) is 0 Å². The van der Waals surface area contributed by atoms with Gasteiger partial charge in [-0.05, 0) is 0 Å². The van der Waals surface area contributed by atoms with Crippen molar-refractivity contribution in [3.8, 4) is 11.5 Å². The average molecular weight is 231 g/mol. The van der Waals surface area contributed by atoms with Gasteiger partial charge in [0.05, 0.1) is 20.4 Å². The minimum Gasteiger partial charge on any atom is -0.497 e. The molecule has 0 aliphatic rings. The Bertz CT molecular complexity index is 466. The van der Waals surface area contributed by atoms with E-state index in [1.54, 1.807) is 32.8 Å². The first kappa shape index (κ1) is 11.2. The first-order valence-electron chi connectivity index (χ1n) is 5.08. The summed E-state index contributed by atoms with van der Waals surface area (Å²) >= 11 is 0. The predicted octanol–water partition coefficient (Wildman–Crippen LogP) is 2.24. The van der Waals surface area contributed by atoms with Crippen molar-refractivity contribution in [2.45, 2.75) is 0 Å². The fourth-order valence-electron chi connectivity index (χ4n) is 1.39. The molecule has 17 heavy (non-hydrogen) atoms. The third-order valence-electron chi connectivity index (χ3n) is 2.19. The maximum absolute atomic E-state index is 5.18. The Morgan fingerprint density at radius 3 is 2.24 bits per heavy atom. The maximum Gasteiger partial charge on any atom is 0.148 e. The van der Waals surface area contributed by atoms with Gasteiger partial charge in [0.25, 0.3) is 0 Å². The SMILES string of the molecule is COc1cc(Nc2cnccn2)cc(OC)c1. The van der Waals surface area contributed by atoms with Gasteiger partial charge in [0, 0.05) is 36.3 Å². The molecule has 0 aliphatic carbocycles. The molecule has 0 aliphatic heterocycles. The molecule has 2 rings (SSSR count). The quantitative estimate of drug-likeness (QED) is 0.874. The van der Waals surface area contributed by atoms with Gasteiger partial charge in [-0.25, -0.2) is 4.98 Å². The normalized spacial score (nSPS) is 9.76. The van der Waals surface area contributed by atoms with Crippen LogP contribution in [0.3, 0.4) is 0 Å². The number of rotatable bonds is 4. The highest BCUT2D eigenvalue weighted by Gasteiger charge is 2.02. The molecule has 5 nitrogen and oxygen atoms in total. The smallest absolute Gasteiger partial charge is 0.148 e. The summed E-state index contributed by atoms with van der Waals surface area (Å²) in [6.45, 7) is 0. The number of methoxy groups -OCH3 is 2. The summed E-state index contributed by atoms with van der Waals surface area (Å²) in [5.74, 6) is 2.11. The summed E-state index contributed by atoms with van der Waals surface area (Å²) in [4.78, 5) is 8.11. The van der Waals surface area contributed by atoms with E-state index < -0.39 is 0 Å². The van der Waals surface area contributed by atoms with E-state index in [1.807, 2.05) is 18.2 Å². The lowest BCUT2D eigenvalue weighted by Crippen LogP contribution is -1.95. The Morgan fingerprint density at radius 1 is 1.00 bits per heavy atom. The number of hydrogen-bond donors (Lipinski definition) is 1. The first-order chi connectivity index (χ1) is 8.31. The molecule has 0 fully saturated rings. The lowest BCUT2D eigenvalue weighted by Gasteiger charge is -2.09. The molecule has 1 aromatic carbocycles. The van der Waals surface area contributed by atoms with Crippen LogP contribution in [-0.2, 0) is 0 Å². The van der Waals surface area contributed by atoms with Crippen molar-refractivity contribution >= 4 is 11.5 Å². The monoisotopic (exact) mass is 231 g/mol. The van der Waals surface area contributed by atoms with Crippen LogP contribution in [0.2, 0.25) is 0 Å². The van der Waals surface area contributed by atoms with Crippen molar-refractivity contribution in [1.82, 2.24) is 9.97 Å². The Balaban J connectivity index is 2.26. The van der Waals surface area contributed by atoms with E-state index in [1.165, 1.54) is 0 Å². The van der Waals surface area contributed by atoms with Gasteiger partial charge >= 0.3 is 0 Å². The summed E-state index contributed by atoms with van der Waals surface area (Å²) in [6.07, 6.45) is 4.89. The molecule has 1 N–H and O–H groups in total. The minimum absolute atomic E-state index is 0.669. The molecule has 1 aromatic heterocycles. The van der Waals surface area contributed by atoms with Crippen LogP contribution in [0.15, 0.2) is 36.8 Å². The summed E-state index contributed by atoms with van der Waals surface area (Å²) in [5, 5.41) is 3.12. The van der Waals surface area contributed by atoms with E-state index in [-0.39, 0.29) is 0 Å². The van der Waals surface area contributed by atoms with Gasteiger partial charge in [0.1, 0.15) is 17.3 Å². The highest BCUT2D eigenvalue weighted by atomic mass is 16.5. The van der Waals surface area contributed by atoms with E-state index in [0.717, 1.165) is 17.2 Å². The van der Waals surface area contributed by atoms with Crippen LogP contribution in [-0.4, -0.2) is 24.2 Å². The molecule has 0 saturated carbocycles. The summed E-state index contributed by atoms with van der Waals surface area (Å²) in [7, 11) is 3.22. The minimum atomic E-state index is 0.669. The Morgan fingerprint density at radius 2 is 1.71 bits per heavy atom. The molecule has 5 heteroatoms. The van der Waals surface area contributed by atoms with Crippen molar-refractivity contribution < 1.29 is 9.47 Å². The first-order valence-corrected chi connectivity index (χ1v) is 5.08. The number of aromatic nitrogens is 2. The van der Waals surface area contributed by atoms with Crippen LogP contribution >= 0.6 is 0 Å². The molecule has 0 atom stereocenters. The van der Waals surface area contributed by atoms with Crippen molar-refractivity contribution in [2.75, 3.05) is 19.5 Å². The van der Waals surface area contributed by atoms with Crippen molar-refractivity contribution in [3.05, 3.63) is 36.8 Å². The topological polar surface area (TPSA) is 56.3 Å². The van der Waals surface area contributed by atoms with Gasteiger partial charge in [-0.1, -0.05) is 0 Å². The van der Waals surface area contributed by atoms with Crippen molar-refractivity contribution in [2.24, 2.45) is 0 Å². The molecule has 2 aromatic rings. The van der Waals surface area contributed by atoms with Crippen LogP contribution in [0.1, 0.15) is 0 Å². The highest BCUT2D eigenvalue weighted by Crippen LogP contribution is 2.27. The van der Waals surface area contributed by atoms with Crippen molar-refractivity contribution in [3.63, 3.8) is 0 Å². The standard InChI is InChI=1S/C12H13N3O2/c1-16-10-5-9(6-11(7-10)17-2)15-12-8-13-3-4-14-12/h3-8H,1-2H3,(H,14,15). The Kier molecular flexibility index (Phi) is 3.40. The second-order valence-electron chi connectivity index (χ2n) is 3.32. The maximum atomic E-state index is 5.18. The van der Waals surface area contributed by atoms with E-state index in [0.29, 0.717) is 5.82 Å². The molecule has 0 amide bonds. The highest BCUT2D eigenvalue weighted by molar-refractivity contribution is 5.60. The van der Waals surface area contributed by atoms with Gasteiger partial charge in [-0.15, -0.1) is 0 Å². The zero-order chi connectivity index (χ0) is 12.1. The fourth-order valence-corrected chi connectivity index (χ4v) is 1.39. The number of hydrogen-bond acceptors (Lipinski definition) is 5. The van der Waals surface area contributed by atoms with Gasteiger partial charge in [0.15, 0.2) is 0 Å². The lowest BCUT2D eigenvalue weighted by atomic mass is 10.2.